The first-order chi connectivity index (χ1) is 18.4. The Morgan fingerprint density at radius 2 is 1.95 bits per heavy atom. The highest BCUT2D eigenvalue weighted by Gasteiger charge is 2.54. The van der Waals surface area contributed by atoms with Crippen LogP contribution in [0.4, 0.5) is 4.79 Å². The molecule has 1 saturated heterocycles. The van der Waals surface area contributed by atoms with Crippen molar-refractivity contribution in [1.29, 1.82) is 0 Å². The molecule has 4 heterocycles. The van der Waals surface area contributed by atoms with E-state index in [9.17, 15) is 14.7 Å². The largest absolute Gasteiger partial charge is 0.507 e. The van der Waals surface area contributed by atoms with Crippen LogP contribution in [-0.4, -0.2) is 58.1 Å². The summed E-state index contributed by atoms with van der Waals surface area (Å²) in [7, 11) is 1.84. The molecule has 4 aromatic rings. The van der Waals surface area contributed by atoms with Gasteiger partial charge in [-0.3, -0.25) is 9.48 Å². The predicted molar refractivity (Wildman–Crippen MR) is 148 cm³/mol. The summed E-state index contributed by atoms with van der Waals surface area (Å²) in [5, 5.41) is 16.7. The maximum absolute atomic E-state index is 13.7. The third kappa shape index (κ3) is 4.22. The fraction of sp³-hybridized carbons (Fsp3) is 0.483. The van der Waals surface area contributed by atoms with E-state index in [0.29, 0.717) is 52.9 Å². The number of piperidine rings is 1. The normalized spacial score (nSPS) is 18.7. The van der Waals surface area contributed by atoms with Crippen molar-refractivity contribution in [2.75, 3.05) is 6.54 Å². The number of fused-ring (bicyclic) bond motifs is 2. The molecule has 2 aliphatic rings. The molecule has 10 heteroatoms. The molecule has 1 spiro atoms. The second-order valence-electron chi connectivity index (χ2n) is 12.1. The molecule has 1 saturated carbocycles. The molecular weight excluding hydrogens is 496 g/mol. The Morgan fingerprint density at radius 3 is 2.64 bits per heavy atom. The summed E-state index contributed by atoms with van der Waals surface area (Å²) in [6, 6.07) is 3.66. The number of hydrogen-bond acceptors (Lipinski definition) is 7. The van der Waals surface area contributed by atoms with Crippen LogP contribution in [0.3, 0.4) is 0 Å². The molecular formula is C29H34N6O4. The second-order valence-corrected chi connectivity index (χ2v) is 12.1. The van der Waals surface area contributed by atoms with Gasteiger partial charge in [0.15, 0.2) is 5.82 Å². The zero-order chi connectivity index (χ0) is 27.9. The van der Waals surface area contributed by atoms with Crippen molar-refractivity contribution in [3.63, 3.8) is 0 Å². The van der Waals surface area contributed by atoms with Gasteiger partial charge in [-0.2, -0.15) is 5.10 Å². The molecule has 3 aromatic heterocycles. The predicted octanol–water partition coefficient (Wildman–Crippen LogP) is 4.77. The van der Waals surface area contributed by atoms with E-state index in [1.165, 1.54) is 0 Å². The summed E-state index contributed by atoms with van der Waals surface area (Å²) in [6.45, 7) is 9.80. The number of phenolic OH excluding ortho intramolecular Hbond substituents is 1. The quantitative estimate of drug-likeness (QED) is 0.397. The van der Waals surface area contributed by atoms with Gasteiger partial charge in [-0.25, -0.2) is 14.8 Å². The van der Waals surface area contributed by atoms with Gasteiger partial charge in [-0.1, -0.05) is 0 Å². The lowest BCUT2D eigenvalue weighted by atomic mass is 9.94. The summed E-state index contributed by atoms with van der Waals surface area (Å²) < 4.78 is 9.15. The summed E-state index contributed by atoms with van der Waals surface area (Å²) in [5.74, 6) is 0.450. The lowest BCUT2D eigenvalue weighted by Gasteiger charge is -2.41. The number of carbonyl (C=O) groups is 1. The Morgan fingerprint density at radius 1 is 1.21 bits per heavy atom. The van der Waals surface area contributed by atoms with Crippen molar-refractivity contribution in [2.45, 2.75) is 77.5 Å². The van der Waals surface area contributed by atoms with E-state index in [1.807, 2.05) is 58.0 Å². The van der Waals surface area contributed by atoms with Crippen LogP contribution in [0.2, 0.25) is 0 Å². The highest BCUT2D eigenvalue weighted by molar-refractivity contribution is 5.91. The minimum atomic E-state index is -0.547. The molecule has 1 aliphatic carbocycles. The number of amides is 1. The Hall–Kier alpha value is -3.95. The fourth-order valence-electron chi connectivity index (χ4n) is 5.97. The molecule has 39 heavy (non-hydrogen) atoms. The molecule has 1 atom stereocenters. The highest BCUT2D eigenvalue weighted by Crippen LogP contribution is 2.51. The number of rotatable bonds is 2. The number of likely N-dealkylation sites (tertiary alicyclic amines) is 1. The van der Waals surface area contributed by atoms with Gasteiger partial charge in [-0.05, 0) is 72.4 Å². The number of hydrogen-bond donors (Lipinski definition) is 1. The van der Waals surface area contributed by atoms with Gasteiger partial charge in [0.05, 0.1) is 27.7 Å². The van der Waals surface area contributed by atoms with Gasteiger partial charge in [0.1, 0.15) is 11.4 Å². The van der Waals surface area contributed by atoms with Crippen molar-refractivity contribution < 1.29 is 14.6 Å². The van der Waals surface area contributed by atoms with Gasteiger partial charge in [0, 0.05) is 48.5 Å². The summed E-state index contributed by atoms with van der Waals surface area (Å²) >= 11 is 0. The van der Waals surface area contributed by atoms with E-state index in [1.54, 1.807) is 22.4 Å². The average molecular weight is 531 g/mol. The van der Waals surface area contributed by atoms with Crippen LogP contribution in [0, 0.1) is 13.8 Å². The molecule has 1 amide bonds. The topological polar surface area (TPSA) is 115 Å². The number of benzene rings is 1. The first-order valence-electron chi connectivity index (χ1n) is 13.4. The van der Waals surface area contributed by atoms with Crippen LogP contribution >= 0.6 is 0 Å². The van der Waals surface area contributed by atoms with Gasteiger partial charge < -0.3 is 19.3 Å². The van der Waals surface area contributed by atoms with E-state index in [-0.39, 0.29) is 29.0 Å². The molecule has 0 unspecified atom stereocenters. The summed E-state index contributed by atoms with van der Waals surface area (Å²) in [4.78, 5) is 37.8. The number of nitrogens with zero attached hydrogens (tertiary/aromatic N) is 6. The first kappa shape index (κ1) is 25.3. The molecule has 10 nitrogen and oxygen atoms in total. The van der Waals surface area contributed by atoms with Crippen molar-refractivity contribution in [3.05, 3.63) is 46.1 Å². The van der Waals surface area contributed by atoms with Crippen LogP contribution in [-0.2, 0) is 11.8 Å². The average Bonchev–Trinajstić information content (AvgIpc) is 3.49. The molecule has 6 rings (SSSR count). The fourth-order valence-corrected chi connectivity index (χ4v) is 5.97. The SMILES string of the molecule is Cc1c(O)c(-c2nc(C)c3c(=O)n([C@H]4CCN(C(=O)OC(C)(C)C)C5(CC5)C4)ccc3n2)cc2cn(C)nc12. The number of carbonyl (C=O) groups excluding carboxylic acids is 1. The number of aryl methyl sites for hydroxylation is 3. The lowest BCUT2D eigenvalue weighted by Crippen LogP contribution is -2.50. The van der Waals surface area contributed by atoms with Gasteiger partial charge >= 0.3 is 6.09 Å². The van der Waals surface area contributed by atoms with Crippen LogP contribution in [0.15, 0.2) is 29.3 Å². The van der Waals surface area contributed by atoms with Gasteiger partial charge in [0.25, 0.3) is 5.56 Å². The number of aromatic nitrogens is 5. The van der Waals surface area contributed by atoms with Crippen molar-refractivity contribution in [2.24, 2.45) is 7.05 Å². The number of aromatic hydroxyl groups is 1. The third-order valence-electron chi connectivity index (χ3n) is 8.03. The molecule has 204 valence electrons. The number of ether oxygens (including phenoxy) is 1. The van der Waals surface area contributed by atoms with E-state index >= 15 is 0 Å². The molecule has 1 aromatic carbocycles. The minimum absolute atomic E-state index is 0.0261. The van der Waals surface area contributed by atoms with Crippen molar-refractivity contribution in [3.8, 4) is 17.1 Å². The van der Waals surface area contributed by atoms with Crippen LogP contribution in [0.1, 0.15) is 63.8 Å². The smallest absolute Gasteiger partial charge is 0.410 e. The standard InChI is InChI=1S/C29H34N6O4/c1-16-23-18(15-33(6)32-23)13-20(24(16)36)25-30-17(2)22-21(31-25)8-11-34(26(22)37)19-7-12-35(29(14-19)9-10-29)27(38)39-28(3,4)5/h8,11,13,15,19,36H,7,9-10,12,14H2,1-6H3/t19-/m0/s1. The summed E-state index contributed by atoms with van der Waals surface area (Å²) in [6.07, 6.45) is 6.64. The Bertz CT molecular complexity index is 1710. The molecule has 2 fully saturated rings. The third-order valence-corrected chi connectivity index (χ3v) is 8.03. The van der Waals surface area contributed by atoms with Crippen LogP contribution in [0.25, 0.3) is 33.2 Å². The molecule has 0 bridgehead atoms. The number of phenols is 1. The molecule has 0 radical (unpaired) electrons. The van der Waals surface area contributed by atoms with Crippen LogP contribution < -0.4 is 5.56 Å². The maximum atomic E-state index is 13.7. The first-order valence-corrected chi connectivity index (χ1v) is 13.4. The number of pyridine rings is 1. The highest BCUT2D eigenvalue weighted by atomic mass is 16.6. The Balaban J connectivity index is 1.34. The van der Waals surface area contributed by atoms with E-state index in [0.717, 1.165) is 23.7 Å². The molecule has 1 aliphatic heterocycles. The second kappa shape index (κ2) is 8.53. The lowest BCUT2D eigenvalue weighted by molar-refractivity contribution is 0.000497. The van der Waals surface area contributed by atoms with E-state index < -0.39 is 5.60 Å². The van der Waals surface area contributed by atoms with Crippen molar-refractivity contribution >= 4 is 27.9 Å². The zero-order valence-corrected chi connectivity index (χ0v) is 23.3. The monoisotopic (exact) mass is 530 g/mol. The maximum Gasteiger partial charge on any atom is 0.410 e. The zero-order valence-electron chi connectivity index (χ0n) is 23.3. The van der Waals surface area contributed by atoms with Gasteiger partial charge in [0.2, 0.25) is 0 Å². The summed E-state index contributed by atoms with van der Waals surface area (Å²) in [5.41, 5.74) is 2.07. The van der Waals surface area contributed by atoms with Crippen LogP contribution in [0.5, 0.6) is 5.75 Å². The molecule has 1 N–H and O–H groups in total. The minimum Gasteiger partial charge on any atom is -0.507 e. The van der Waals surface area contributed by atoms with Crippen molar-refractivity contribution in [1.82, 2.24) is 29.2 Å². The van der Waals surface area contributed by atoms with E-state index in [2.05, 4.69) is 10.1 Å². The van der Waals surface area contributed by atoms with Gasteiger partial charge in [-0.15, -0.1) is 0 Å². The Labute approximate surface area is 226 Å². The van der Waals surface area contributed by atoms with E-state index in [4.69, 9.17) is 9.72 Å². The Kier molecular flexibility index (Phi) is 5.54.